The highest BCUT2D eigenvalue weighted by Crippen LogP contribution is 2.45. The zero-order valence-electron chi connectivity index (χ0n) is 13.5. The summed E-state index contributed by atoms with van der Waals surface area (Å²) >= 11 is 3.77. The Balaban J connectivity index is 2.03. The summed E-state index contributed by atoms with van der Waals surface area (Å²) in [4.78, 5) is 9.24. The number of thiophene rings is 1. The molecule has 0 radical (unpaired) electrons. The van der Waals surface area contributed by atoms with Gasteiger partial charge in [0.15, 0.2) is 0 Å². The molecule has 114 valence electrons. The van der Waals surface area contributed by atoms with Crippen molar-refractivity contribution in [2.75, 3.05) is 6.54 Å². The second kappa shape index (κ2) is 5.49. The van der Waals surface area contributed by atoms with E-state index in [1.54, 1.807) is 0 Å². The molecule has 2 aromatic rings. The van der Waals surface area contributed by atoms with E-state index in [0.717, 1.165) is 13.0 Å². The molecular formula is C17H24N2S2. The van der Waals surface area contributed by atoms with Gasteiger partial charge in [-0.05, 0) is 44.7 Å². The lowest BCUT2D eigenvalue weighted by Gasteiger charge is -2.34. The van der Waals surface area contributed by atoms with Crippen molar-refractivity contribution in [2.45, 2.75) is 53.5 Å². The average Bonchev–Trinajstić information content (AvgIpc) is 2.91. The quantitative estimate of drug-likeness (QED) is 0.850. The van der Waals surface area contributed by atoms with Gasteiger partial charge < -0.3 is 5.32 Å². The maximum Gasteiger partial charge on any atom is 0.125 e. The number of thiazole rings is 1. The Morgan fingerprint density at radius 2 is 2.10 bits per heavy atom. The van der Waals surface area contributed by atoms with Gasteiger partial charge in [0.1, 0.15) is 5.01 Å². The number of aryl methyl sites for hydroxylation is 2. The summed E-state index contributed by atoms with van der Waals surface area (Å²) in [5.74, 6) is 0. The van der Waals surface area contributed by atoms with E-state index in [9.17, 15) is 0 Å². The molecule has 2 aromatic heterocycles. The van der Waals surface area contributed by atoms with E-state index in [1.165, 1.54) is 37.3 Å². The molecule has 0 spiro atoms. The largest absolute Gasteiger partial charge is 0.309 e. The monoisotopic (exact) mass is 320 g/mol. The first-order valence-electron chi connectivity index (χ1n) is 7.70. The van der Waals surface area contributed by atoms with Crippen molar-refractivity contribution in [3.8, 4) is 10.6 Å². The third-order valence-electron chi connectivity index (χ3n) is 4.17. The topological polar surface area (TPSA) is 24.9 Å². The Morgan fingerprint density at radius 3 is 2.71 bits per heavy atom. The first kappa shape index (κ1) is 15.2. The molecule has 0 aromatic carbocycles. The average molecular weight is 321 g/mol. The van der Waals surface area contributed by atoms with Gasteiger partial charge in [-0.3, -0.25) is 0 Å². The molecule has 0 amide bonds. The molecule has 2 heterocycles. The summed E-state index contributed by atoms with van der Waals surface area (Å²) in [7, 11) is 0. The minimum atomic E-state index is 0.338. The summed E-state index contributed by atoms with van der Waals surface area (Å²) in [6.07, 6.45) is 2.31. The number of rotatable bonds is 3. The summed E-state index contributed by atoms with van der Waals surface area (Å²) in [6.45, 7) is 12.3. The van der Waals surface area contributed by atoms with E-state index < -0.39 is 0 Å². The number of hydrogen-bond acceptors (Lipinski definition) is 4. The van der Waals surface area contributed by atoms with Gasteiger partial charge in [0.25, 0.3) is 0 Å². The molecular weight excluding hydrogens is 296 g/mol. The van der Waals surface area contributed by atoms with Gasteiger partial charge in [-0.2, -0.15) is 0 Å². The smallest absolute Gasteiger partial charge is 0.125 e. The van der Waals surface area contributed by atoms with Gasteiger partial charge in [0.05, 0.1) is 5.69 Å². The van der Waals surface area contributed by atoms with E-state index in [2.05, 4.69) is 46.0 Å². The number of hydrogen-bond donors (Lipinski definition) is 1. The molecule has 0 fully saturated rings. The van der Waals surface area contributed by atoms with Crippen LogP contribution in [0, 0.1) is 19.3 Å². The molecule has 0 saturated heterocycles. The normalized spacial score (nSPS) is 20.5. The SMILES string of the molecule is CCNC1CC(C)(C)Cc2nc(-c3cc(C)sc3C)sc21. The summed E-state index contributed by atoms with van der Waals surface area (Å²) in [6, 6.07) is 2.76. The van der Waals surface area contributed by atoms with Crippen molar-refractivity contribution in [3.05, 3.63) is 26.4 Å². The van der Waals surface area contributed by atoms with Crippen LogP contribution >= 0.6 is 22.7 Å². The molecule has 0 saturated carbocycles. The predicted octanol–water partition coefficient (Wildman–Crippen LogP) is 5.11. The number of fused-ring (bicyclic) bond motifs is 1. The second-order valence-electron chi connectivity index (χ2n) is 6.81. The second-order valence-corrected chi connectivity index (χ2v) is 9.30. The Labute approximate surface area is 135 Å². The van der Waals surface area contributed by atoms with Gasteiger partial charge in [-0.1, -0.05) is 20.8 Å². The minimum Gasteiger partial charge on any atom is -0.309 e. The lowest BCUT2D eigenvalue weighted by molar-refractivity contribution is 0.260. The van der Waals surface area contributed by atoms with Crippen LogP contribution in [0.15, 0.2) is 6.07 Å². The molecule has 1 N–H and O–H groups in total. The molecule has 4 heteroatoms. The molecule has 1 unspecified atom stereocenters. The Kier molecular flexibility index (Phi) is 3.97. The lowest BCUT2D eigenvalue weighted by atomic mass is 9.76. The van der Waals surface area contributed by atoms with Crippen LogP contribution in [-0.2, 0) is 6.42 Å². The summed E-state index contributed by atoms with van der Waals surface area (Å²) < 4.78 is 0. The first-order chi connectivity index (χ1) is 9.89. The van der Waals surface area contributed by atoms with Crippen LogP contribution in [0.1, 0.15) is 53.6 Å². The number of nitrogens with one attached hydrogen (secondary N) is 1. The van der Waals surface area contributed by atoms with E-state index in [4.69, 9.17) is 4.98 Å². The molecule has 0 bridgehead atoms. The lowest BCUT2D eigenvalue weighted by Crippen LogP contribution is -2.32. The van der Waals surface area contributed by atoms with Crippen LogP contribution in [0.3, 0.4) is 0 Å². The highest BCUT2D eigenvalue weighted by atomic mass is 32.1. The van der Waals surface area contributed by atoms with Crippen LogP contribution in [0.4, 0.5) is 0 Å². The standard InChI is InChI=1S/C17H24N2S2/c1-6-18-13-8-17(4,5)9-14-15(13)21-16(19-14)12-7-10(2)20-11(12)3/h7,13,18H,6,8-9H2,1-5H3. The van der Waals surface area contributed by atoms with Crippen LogP contribution in [0.5, 0.6) is 0 Å². The molecule has 0 aliphatic heterocycles. The summed E-state index contributed by atoms with van der Waals surface area (Å²) in [5, 5.41) is 4.86. The molecule has 1 atom stereocenters. The van der Waals surface area contributed by atoms with Crippen LogP contribution in [0.2, 0.25) is 0 Å². The molecule has 2 nitrogen and oxygen atoms in total. The Morgan fingerprint density at radius 1 is 1.33 bits per heavy atom. The van der Waals surface area contributed by atoms with Crippen molar-refractivity contribution in [1.29, 1.82) is 0 Å². The van der Waals surface area contributed by atoms with Crippen molar-refractivity contribution >= 4 is 22.7 Å². The minimum absolute atomic E-state index is 0.338. The van der Waals surface area contributed by atoms with Gasteiger partial charge in [0, 0.05) is 26.2 Å². The van der Waals surface area contributed by atoms with Gasteiger partial charge in [-0.15, -0.1) is 22.7 Å². The van der Waals surface area contributed by atoms with Crippen molar-refractivity contribution in [3.63, 3.8) is 0 Å². The zero-order chi connectivity index (χ0) is 15.2. The van der Waals surface area contributed by atoms with E-state index in [0.29, 0.717) is 11.5 Å². The van der Waals surface area contributed by atoms with E-state index in [1.807, 2.05) is 22.7 Å². The van der Waals surface area contributed by atoms with Crippen LogP contribution in [-0.4, -0.2) is 11.5 Å². The molecule has 1 aliphatic rings. The third-order valence-corrected chi connectivity index (χ3v) is 6.38. The zero-order valence-corrected chi connectivity index (χ0v) is 15.2. The third kappa shape index (κ3) is 2.94. The summed E-state index contributed by atoms with van der Waals surface area (Å²) in [5.41, 5.74) is 3.00. The van der Waals surface area contributed by atoms with Crippen molar-refractivity contribution in [1.82, 2.24) is 10.3 Å². The fraction of sp³-hybridized carbons (Fsp3) is 0.588. The Hall–Kier alpha value is -0.710. The molecule has 3 rings (SSSR count). The molecule has 21 heavy (non-hydrogen) atoms. The number of nitrogens with zero attached hydrogens (tertiary/aromatic N) is 1. The Bertz CT molecular complexity index is 652. The molecule has 1 aliphatic carbocycles. The maximum atomic E-state index is 5.01. The van der Waals surface area contributed by atoms with E-state index in [-0.39, 0.29) is 0 Å². The maximum absolute atomic E-state index is 5.01. The van der Waals surface area contributed by atoms with Crippen molar-refractivity contribution in [2.24, 2.45) is 5.41 Å². The fourth-order valence-electron chi connectivity index (χ4n) is 3.30. The van der Waals surface area contributed by atoms with Gasteiger partial charge in [0.2, 0.25) is 0 Å². The highest BCUT2D eigenvalue weighted by Gasteiger charge is 2.34. The highest BCUT2D eigenvalue weighted by molar-refractivity contribution is 7.16. The van der Waals surface area contributed by atoms with E-state index >= 15 is 0 Å². The number of aromatic nitrogens is 1. The van der Waals surface area contributed by atoms with Gasteiger partial charge >= 0.3 is 0 Å². The van der Waals surface area contributed by atoms with Crippen LogP contribution < -0.4 is 5.32 Å². The fourth-order valence-corrected chi connectivity index (χ4v) is 5.52. The van der Waals surface area contributed by atoms with Crippen LogP contribution in [0.25, 0.3) is 10.6 Å². The van der Waals surface area contributed by atoms with Crippen molar-refractivity contribution < 1.29 is 0 Å². The predicted molar refractivity (Wildman–Crippen MR) is 93.4 cm³/mol. The first-order valence-corrected chi connectivity index (χ1v) is 9.33. The van der Waals surface area contributed by atoms with Gasteiger partial charge in [-0.25, -0.2) is 4.98 Å².